The predicted molar refractivity (Wildman–Crippen MR) is 83.8 cm³/mol. The van der Waals surface area contributed by atoms with Crippen molar-refractivity contribution in [3.8, 4) is 0 Å². The quantitative estimate of drug-likeness (QED) is 0.914. The van der Waals surface area contributed by atoms with E-state index in [0.29, 0.717) is 6.54 Å². The molecule has 0 spiro atoms. The number of aromatic nitrogens is 1. The van der Waals surface area contributed by atoms with E-state index in [1.165, 1.54) is 5.56 Å². The molecule has 0 fully saturated rings. The summed E-state index contributed by atoms with van der Waals surface area (Å²) in [5, 5.41) is 0. The second-order valence-electron chi connectivity index (χ2n) is 4.42. The highest BCUT2D eigenvalue weighted by atomic mass is 79.9. The van der Waals surface area contributed by atoms with E-state index in [4.69, 9.17) is 5.73 Å². The van der Waals surface area contributed by atoms with Gasteiger partial charge in [-0.2, -0.15) is 0 Å². The molecule has 2 aromatic rings. The van der Waals surface area contributed by atoms with E-state index in [1.807, 2.05) is 24.4 Å². The van der Waals surface area contributed by atoms with Crippen molar-refractivity contribution >= 4 is 27.4 Å². The summed E-state index contributed by atoms with van der Waals surface area (Å²) in [6.45, 7) is 3.62. The Balaban J connectivity index is 2.34. The molecule has 0 aliphatic rings. The first-order valence-corrected chi connectivity index (χ1v) is 7.16. The Morgan fingerprint density at radius 3 is 2.63 bits per heavy atom. The predicted octanol–water partition coefficient (Wildman–Crippen LogP) is 3.64. The van der Waals surface area contributed by atoms with Crippen LogP contribution in [0.5, 0.6) is 0 Å². The van der Waals surface area contributed by atoms with Gasteiger partial charge in [-0.15, -0.1) is 0 Å². The number of nitrogens with two attached hydrogens (primary N) is 1. The SMILES string of the molecule is Cc1cc(N(CCCN)c2ccccc2)ncc1Br. The molecule has 0 bridgehead atoms. The van der Waals surface area contributed by atoms with Gasteiger partial charge in [0.2, 0.25) is 0 Å². The average molecular weight is 320 g/mol. The lowest BCUT2D eigenvalue weighted by Crippen LogP contribution is -2.21. The lowest BCUT2D eigenvalue weighted by Gasteiger charge is -2.24. The fraction of sp³-hybridized carbons (Fsp3) is 0.267. The van der Waals surface area contributed by atoms with Crippen LogP contribution in [0.3, 0.4) is 0 Å². The van der Waals surface area contributed by atoms with Gasteiger partial charge in [0, 0.05) is 22.9 Å². The molecular weight excluding hydrogens is 302 g/mol. The first-order valence-electron chi connectivity index (χ1n) is 6.37. The lowest BCUT2D eigenvalue weighted by atomic mass is 10.2. The zero-order valence-electron chi connectivity index (χ0n) is 11.0. The number of rotatable bonds is 5. The zero-order chi connectivity index (χ0) is 13.7. The number of para-hydroxylation sites is 1. The second-order valence-corrected chi connectivity index (χ2v) is 5.28. The van der Waals surface area contributed by atoms with Crippen LogP contribution in [-0.2, 0) is 0 Å². The van der Waals surface area contributed by atoms with Crippen LogP contribution in [0.25, 0.3) is 0 Å². The first-order chi connectivity index (χ1) is 9.22. The van der Waals surface area contributed by atoms with Gasteiger partial charge >= 0.3 is 0 Å². The average Bonchev–Trinajstić information content (AvgIpc) is 2.44. The Bertz CT molecular complexity index is 528. The molecular formula is C15H18BrN3. The van der Waals surface area contributed by atoms with Gasteiger partial charge in [0.15, 0.2) is 0 Å². The Labute approximate surface area is 122 Å². The van der Waals surface area contributed by atoms with Crippen molar-refractivity contribution in [3.63, 3.8) is 0 Å². The molecule has 1 heterocycles. The van der Waals surface area contributed by atoms with Gasteiger partial charge in [-0.1, -0.05) is 18.2 Å². The number of pyridine rings is 1. The molecule has 100 valence electrons. The number of hydrogen-bond acceptors (Lipinski definition) is 3. The Kier molecular flexibility index (Phi) is 4.93. The summed E-state index contributed by atoms with van der Waals surface area (Å²) in [6, 6.07) is 12.4. The van der Waals surface area contributed by atoms with Gasteiger partial charge in [-0.3, -0.25) is 0 Å². The van der Waals surface area contributed by atoms with Gasteiger partial charge in [-0.05, 0) is 59.6 Å². The van der Waals surface area contributed by atoms with Crippen molar-refractivity contribution in [1.29, 1.82) is 0 Å². The Morgan fingerprint density at radius 2 is 2.00 bits per heavy atom. The highest BCUT2D eigenvalue weighted by Crippen LogP contribution is 2.26. The minimum atomic E-state index is 0.679. The summed E-state index contributed by atoms with van der Waals surface area (Å²) in [6.07, 6.45) is 2.79. The molecule has 0 saturated heterocycles. The van der Waals surface area contributed by atoms with Gasteiger partial charge in [0.05, 0.1) is 0 Å². The molecule has 1 aromatic heterocycles. The maximum atomic E-state index is 5.63. The second kappa shape index (κ2) is 6.68. The van der Waals surface area contributed by atoms with Crippen LogP contribution in [0.1, 0.15) is 12.0 Å². The number of hydrogen-bond donors (Lipinski definition) is 1. The van der Waals surface area contributed by atoms with Crippen LogP contribution in [0, 0.1) is 6.92 Å². The maximum Gasteiger partial charge on any atom is 0.133 e. The summed E-state index contributed by atoms with van der Waals surface area (Å²) < 4.78 is 1.03. The molecule has 0 radical (unpaired) electrons. The Hall–Kier alpha value is -1.39. The molecule has 0 aliphatic carbocycles. The Morgan fingerprint density at radius 1 is 1.26 bits per heavy atom. The molecule has 0 atom stereocenters. The van der Waals surface area contributed by atoms with Gasteiger partial charge in [-0.25, -0.2) is 4.98 Å². The van der Waals surface area contributed by atoms with Crippen LogP contribution >= 0.6 is 15.9 Å². The van der Waals surface area contributed by atoms with Gasteiger partial charge in [0.25, 0.3) is 0 Å². The van der Waals surface area contributed by atoms with E-state index in [2.05, 4.69) is 50.9 Å². The molecule has 2 N–H and O–H groups in total. The van der Waals surface area contributed by atoms with Gasteiger partial charge < -0.3 is 10.6 Å². The van der Waals surface area contributed by atoms with Crippen molar-refractivity contribution in [2.45, 2.75) is 13.3 Å². The summed E-state index contributed by atoms with van der Waals surface area (Å²) in [4.78, 5) is 6.71. The molecule has 3 nitrogen and oxygen atoms in total. The van der Waals surface area contributed by atoms with Crippen LogP contribution in [0.2, 0.25) is 0 Å². The topological polar surface area (TPSA) is 42.1 Å². The van der Waals surface area contributed by atoms with Crippen LogP contribution in [-0.4, -0.2) is 18.1 Å². The molecule has 19 heavy (non-hydrogen) atoms. The third-order valence-corrected chi connectivity index (χ3v) is 3.79. The summed E-state index contributed by atoms with van der Waals surface area (Å²) in [7, 11) is 0. The van der Waals surface area contributed by atoms with E-state index in [1.54, 1.807) is 0 Å². The van der Waals surface area contributed by atoms with E-state index in [9.17, 15) is 0 Å². The van der Waals surface area contributed by atoms with Crippen molar-refractivity contribution in [2.24, 2.45) is 5.73 Å². The van der Waals surface area contributed by atoms with Crippen LogP contribution < -0.4 is 10.6 Å². The van der Waals surface area contributed by atoms with Crippen molar-refractivity contribution in [2.75, 3.05) is 18.0 Å². The van der Waals surface area contributed by atoms with Crippen molar-refractivity contribution in [1.82, 2.24) is 4.98 Å². The zero-order valence-corrected chi connectivity index (χ0v) is 12.6. The molecule has 0 unspecified atom stereocenters. The number of benzene rings is 1. The minimum Gasteiger partial charge on any atom is -0.330 e. The fourth-order valence-corrected chi connectivity index (χ4v) is 2.12. The number of halogens is 1. The molecule has 2 rings (SSSR count). The number of aryl methyl sites for hydroxylation is 1. The highest BCUT2D eigenvalue weighted by Gasteiger charge is 2.10. The molecule has 0 amide bonds. The van der Waals surface area contributed by atoms with E-state index in [0.717, 1.165) is 28.9 Å². The highest BCUT2D eigenvalue weighted by molar-refractivity contribution is 9.10. The van der Waals surface area contributed by atoms with Crippen molar-refractivity contribution < 1.29 is 0 Å². The summed E-state index contributed by atoms with van der Waals surface area (Å²) >= 11 is 3.49. The van der Waals surface area contributed by atoms with Crippen LogP contribution in [0.15, 0.2) is 47.1 Å². The van der Waals surface area contributed by atoms with E-state index >= 15 is 0 Å². The first kappa shape index (κ1) is 14.0. The van der Waals surface area contributed by atoms with E-state index in [-0.39, 0.29) is 0 Å². The third kappa shape index (κ3) is 3.55. The molecule has 1 aromatic carbocycles. The number of nitrogens with zero attached hydrogens (tertiary/aromatic N) is 2. The van der Waals surface area contributed by atoms with Crippen molar-refractivity contribution in [3.05, 3.63) is 52.6 Å². The lowest BCUT2D eigenvalue weighted by molar-refractivity contribution is 0.809. The number of anilines is 2. The summed E-state index contributed by atoms with van der Waals surface area (Å²) in [5.74, 6) is 0.959. The summed E-state index contributed by atoms with van der Waals surface area (Å²) in [5.41, 5.74) is 7.96. The fourth-order valence-electron chi connectivity index (χ4n) is 1.91. The molecule has 0 aliphatic heterocycles. The smallest absolute Gasteiger partial charge is 0.133 e. The molecule has 4 heteroatoms. The molecule has 0 saturated carbocycles. The largest absolute Gasteiger partial charge is 0.330 e. The third-order valence-electron chi connectivity index (χ3n) is 2.96. The monoisotopic (exact) mass is 319 g/mol. The minimum absolute atomic E-state index is 0.679. The normalized spacial score (nSPS) is 10.5. The van der Waals surface area contributed by atoms with Gasteiger partial charge in [0.1, 0.15) is 5.82 Å². The standard InChI is InChI=1S/C15H18BrN3/c1-12-10-15(18-11-14(12)16)19(9-5-8-17)13-6-3-2-4-7-13/h2-4,6-7,10-11H,5,8-9,17H2,1H3. The van der Waals surface area contributed by atoms with Crippen LogP contribution in [0.4, 0.5) is 11.5 Å². The maximum absolute atomic E-state index is 5.63. The van der Waals surface area contributed by atoms with E-state index < -0.39 is 0 Å².